The highest BCUT2D eigenvalue weighted by Gasteiger charge is 2.12. The van der Waals surface area contributed by atoms with Crippen LogP contribution in [0.25, 0.3) is 0 Å². The number of aryl methyl sites for hydroxylation is 2. The number of hydrogen-bond donors (Lipinski definition) is 1. The molecule has 0 spiro atoms. The Morgan fingerprint density at radius 2 is 1.80 bits per heavy atom. The van der Waals surface area contributed by atoms with E-state index < -0.39 is 0 Å². The Bertz CT molecular complexity index is 608. The van der Waals surface area contributed by atoms with Crippen LogP contribution in [-0.4, -0.2) is 10.9 Å². The molecular formula is C17H18N2O. The lowest BCUT2D eigenvalue weighted by atomic mass is 9.90. The Hall–Kier alpha value is -2.16. The van der Waals surface area contributed by atoms with Crippen LogP contribution in [0.1, 0.15) is 39.9 Å². The van der Waals surface area contributed by atoms with Gasteiger partial charge in [0.25, 0.3) is 5.91 Å². The summed E-state index contributed by atoms with van der Waals surface area (Å²) >= 11 is 0. The zero-order valence-corrected chi connectivity index (χ0v) is 11.4. The van der Waals surface area contributed by atoms with Crippen LogP contribution in [0.15, 0.2) is 42.7 Å². The second-order valence-electron chi connectivity index (χ2n) is 5.23. The molecule has 0 atom stereocenters. The van der Waals surface area contributed by atoms with Gasteiger partial charge in [0.1, 0.15) is 0 Å². The first-order chi connectivity index (χ1) is 9.83. The molecule has 1 aromatic heterocycles. The van der Waals surface area contributed by atoms with Gasteiger partial charge in [-0.15, -0.1) is 0 Å². The maximum atomic E-state index is 12.2. The minimum absolute atomic E-state index is 0.00446. The topological polar surface area (TPSA) is 42.0 Å². The van der Waals surface area contributed by atoms with E-state index in [9.17, 15) is 4.79 Å². The Kier molecular flexibility index (Phi) is 3.77. The van der Waals surface area contributed by atoms with E-state index in [0.29, 0.717) is 6.54 Å². The van der Waals surface area contributed by atoms with Crippen molar-refractivity contribution >= 4 is 5.91 Å². The lowest BCUT2D eigenvalue weighted by molar-refractivity contribution is 0.0951. The number of aromatic nitrogens is 1. The second kappa shape index (κ2) is 5.87. The summed E-state index contributed by atoms with van der Waals surface area (Å²) in [4.78, 5) is 16.1. The Labute approximate surface area is 119 Å². The maximum Gasteiger partial charge on any atom is 0.251 e. The average molecular weight is 266 g/mol. The highest BCUT2D eigenvalue weighted by molar-refractivity contribution is 5.94. The van der Waals surface area contributed by atoms with Gasteiger partial charge in [0.15, 0.2) is 0 Å². The molecule has 20 heavy (non-hydrogen) atoms. The van der Waals surface area contributed by atoms with Gasteiger partial charge in [-0.3, -0.25) is 9.78 Å². The average Bonchev–Trinajstić information content (AvgIpc) is 2.53. The largest absolute Gasteiger partial charge is 0.348 e. The number of rotatable bonds is 3. The van der Waals surface area contributed by atoms with Crippen molar-refractivity contribution in [2.45, 2.75) is 32.2 Å². The molecule has 0 aliphatic heterocycles. The Morgan fingerprint density at radius 1 is 1.05 bits per heavy atom. The SMILES string of the molecule is O=C(NCc1ccncc1)c1ccc2c(c1)CCCC2. The van der Waals surface area contributed by atoms with Crippen LogP contribution < -0.4 is 5.32 Å². The number of amides is 1. The van der Waals surface area contributed by atoms with Crippen molar-refractivity contribution in [1.29, 1.82) is 0 Å². The highest BCUT2D eigenvalue weighted by atomic mass is 16.1. The smallest absolute Gasteiger partial charge is 0.251 e. The van der Waals surface area contributed by atoms with Gasteiger partial charge in [-0.1, -0.05) is 6.07 Å². The van der Waals surface area contributed by atoms with Gasteiger partial charge < -0.3 is 5.32 Å². The van der Waals surface area contributed by atoms with Gasteiger partial charge in [0.2, 0.25) is 0 Å². The van der Waals surface area contributed by atoms with Crippen molar-refractivity contribution in [2.75, 3.05) is 0 Å². The number of benzene rings is 1. The quantitative estimate of drug-likeness (QED) is 0.928. The molecule has 3 rings (SSSR count). The summed E-state index contributed by atoms with van der Waals surface area (Å²) in [6.07, 6.45) is 8.21. The molecule has 2 aromatic rings. The minimum atomic E-state index is -0.00446. The predicted molar refractivity (Wildman–Crippen MR) is 78.5 cm³/mol. The van der Waals surface area contributed by atoms with Crippen molar-refractivity contribution in [3.63, 3.8) is 0 Å². The fourth-order valence-electron chi connectivity index (χ4n) is 2.66. The monoisotopic (exact) mass is 266 g/mol. The van der Waals surface area contributed by atoms with Crippen LogP contribution in [0, 0.1) is 0 Å². The summed E-state index contributed by atoms with van der Waals surface area (Å²) in [7, 11) is 0. The van der Waals surface area contributed by atoms with E-state index in [4.69, 9.17) is 0 Å². The molecule has 1 amide bonds. The van der Waals surface area contributed by atoms with E-state index in [2.05, 4.69) is 22.4 Å². The van der Waals surface area contributed by atoms with E-state index in [1.165, 1.54) is 24.0 Å². The first kappa shape index (κ1) is 12.9. The van der Waals surface area contributed by atoms with Crippen molar-refractivity contribution in [3.8, 4) is 0 Å². The van der Waals surface area contributed by atoms with E-state index in [1.54, 1.807) is 12.4 Å². The van der Waals surface area contributed by atoms with E-state index >= 15 is 0 Å². The molecule has 1 aliphatic carbocycles. The molecule has 1 heterocycles. The third kappa shape index (κ3) is 2.87. The molecule has 1 aliphatic rings. The van der Waals surface area contributed by atoms with E-state index in [-0.39, 0.29) is 5.91 Å². The number of nitrogens with zero attached hydrogens (tertiary/aromatic N) is 1. The van der Waals surface area contributed by atoms with Gasteiger partial charge in [0.05, 0.1) is 0 Å². The highest BCUT2D eigenvalue weighted by Crippen LogP contribution is 2.22. The molecule has 0 bridgehead atoms. The fourth-order valence-corrected chi connectivity index (χ4v) is 2.66. The lowest BCUT2D eigenvalue weighted by Crippen LogP contribution is -2.23. The van der Waals surface area contributed by atoms with Crippen LogP contribution in [0.4, 0.5) is 0 Å². The maximum absolute atomic E-state index is 12.2. The van der Waals surface area contributed by atoms with Crippen molar-refractivity contribution in [1.82, 2.24) is 10.3 Å². The molecule has 102 valence electrons. The summed E-state index contributed by atoms with van der Waals surface area (Å²) in [5.74, 6) is -0.00446. The molecular weight excluding hydrogens is 248 g/mol. The molecule has 0 unspecified atom stereocenters. The molecule has 0 fully saturated rings. The second-order valence-corrected chi connectivity index (χ2v) is 5.23. The number of hydrogen-bond acceptors (Lipinski definition) is 2. The summed E-state index contributed by atoms with van der Waals surface area (Å²) in [5.41, 5.74) is 4.57. The summed E-state index contributed by atoms with van der Waals surface area (Å²) in [6.45, 7) is 0.540. The van der Waals surface area contributed by atoms with E-state index in [0.717, 1.165) is 24.0 Å². The first-order valence-electron chi connectivity index (χ1n) is 7.12. The van der Waals surface area contributed by atoms with Crippen LogP contribution >= 0.6 is 0 Å². The third-order valence-corrected chi connectivity index (χ3v) is 3.81. The van der Waals surface area contributed by atoms with Gasteiger partial charge in [-0.05, 0) is 66.6 Å². The van der Waals surface area contributed by atoms with Gasteiger partial charge in [-0.25, -0.2) is 0 Å². The number of nitrogens with one attached hydrogen (secondary N) is 1. The zero-order chi connectivity index (χ0) is 13.8. The van der Waals surface area contributed by atoms with Gasteiger partial charge >= 0.3 is 0 Å². The summed E-state index contributed by atoms with van der Waals surface area (Å²) in [5, 5.41) is 2.96. The molecule has 3 nitrogen and oxygen atoms in total. The fraction of sp³-hybridized carbons (Fsp3) is 0.294. The van der Waals surface area contributed by atoms with Crippen molar-refractivity contribution in [2.24, 2.45) is 0 Å². The molecule has 0 radical (unpaired) electrons. The first-order valence-corrected chi connectivity index (χ1v) is 7.12. The normalized spacial score (nSPS) is 13.6. The Balaban J connectivity index is 1.68. The van der Waals surface area contributed by atoms with Crippen molar-refractivity contribution in [3.05, 3.63) is 65.0 Å². The van der Waals surface area contributed by atoms with Gasteiger partial charge in [-0.2, -0.15) is 0 Å². The third-order valence-electron chi connectivity index (χ3n) is 3.81. The van der Waals surface area contributed by atoms with E-state index in [1.807, 2.05) is 18.2 Å². The van der Waals surface area contributed by atoms with Crippen LogP contribution in [0.5, 0.6) is 0 Å². The minimum Gasteiger partial charge on any atom is -0.348 e. The molecule has 1 aromatic carbocycles. The van der Waals surface area contributed by atoms with Crippen LogP contribution in [0.3, 0.4) is 0 Å². The number of carbonyl (C=O) groups is 1. The molecule has 3 heteroatoms. The number of carbonyl (C=O) groups excluding carboxylic acids is 1. The number of pyridine rings is 1. The Morgan fingerprint density at radius 3 is 2.60 bits per heavy atom. The molecule has 0 saturated carbocycles. The van der Waals surface area contributed by atoms with Crippen LogP contribution in [0.2, 0.25) is 0 Å². The standard InChI is InChI=1S/C17H18N2O/c20-17(19-12-13-7-9-18-10-8-13)16-6-5-14-3-1-2-4-15(14)11-16/h5-11H,1-4,12H2,(H,19,20). The molecule has 0 saturated heterocycles. The zero-order valence-electron chi connectivity index (χ0n) is 11.4. The van der Waals surface area contributed by atoms with Crippen LogP contribution in [-0.2, 0) is 19.4 Å². The lowest BCUT2D eigenvalue weighted by Gasteiger charge is -2.16. The number of fused-ring (bicyclic) bond motifs is 1. The summed E-state index contributed by atoms with van der Waals surface area (Å²) in [6, 6.07) is 9.92. The molecule has 1 N–H and O–H groups in total. The van der Waals surface area contributed by atoms with Crippen molar-refractivity contribution < 1.29 is 4.79 Å². The summed E-state index contributed by atoms with van der Waals surface area (Å²) < 4.78 is 0. The van der Waals surface area contributed by atoms with Gasteiger partial charge in [0, 0.05) is 24.5 Å². The predicted octanol–water partition coefficient (Wildman–Crippen LogP) is 2.89.